The second-order valence-electron chi connectivity index (χ2n) is 12.6. The van der Waals surface area contributed by atoms with Crippen molar-refractivity contribution < 1.29 is 35.3 Å². The second kappa shape index (κ2) is 13.6. The Morgan fingerprint density at radius 2 is 1.67 bits per heavy atom. The molecule has 2 aliphatic rings. The summed E-state index contributed by atoms with van der Waals surface area (Å²) in [4.78, 5) is 13.7. The molecule has 0 radical (unpaired) electrons. The lowest BCUT2D eigenvalue weighted by Gasteiger charge is -2.25. The molecule has 1 amide bonds. The first-order valence-corrected chi connectivity index (χ1v) is 18.8. The topological polar surface area (TPSA) is 147 Å². The smallest absolute Gasteiger partial charge is 0.294 e. The molecule has 2 aliphatic heterocycles. The van der Waals surface area contributed by atoms with Crippen molar-refractivity contribution in [2.75, 3.05) is 30.3 Å². The summed E-state index contributed by atoms with van der Waals surface area (Å²) in [5.74, 6) is 0.595. The average Bonchev–Trinajstić information content (AvgIpc) is 3.32. The van der Waals surface area contributed by atoms with Crippen molar-refractivity contribution in [3.8, 4) is 0 Å². The zero-order chi connectivity index (χ0) is 34.1. The molecule has 250 valence electrons. The van der Waals surface area contributed by atoms with Gasteiger partial charge in [-0.25, -0.2) is 8.42 Å². The molecular formula is C33H43N3O7S3. The normalized spacial score (nSPS) is 18.0. The van der Waals surface area contributed by atoms with Crippen LogP contribution in [0.15, 0.2) is 70.1 Å². The number of rotatable bonds is 13. The fourth-order valence-electron chi connectivity index (χ4n) is 6.45. The zero-order valence-electron chi connectivity index (χ0n) is 26.9. The number of anilines is 1. The summed E-state index contributed by atoms with van der Waals surface area (Å²) >= 11 is 4.12. The van der Waals surface area contributed by atoms with Crippen molar-refractivity contribution in [2.45, 2.75) is 80.9 Å². The maximum absolute atomic E-state index is 12.0. The molecule has 0 fully saturated rings. The van der Waals surface area contributed by atoms with Gasteiger partial charge in [0, 0.05) is 66.2 Å². The maximum atomic E-state index is 12.0. The highest BCUT2D eigenvalue weighted by Crippen LogP contribution is 2.48. The number of likely N-dealkylation sites (N-methyl/N-ethyl adjacent to an activating group) is 1. The molecule has 0 aromatic heterocycles. The van der Waals surface area contributed by atoms with E-state index in [0.29, 0.717) is 31.8 Å². The van der Waals surface area contributed by atoms with Crippen LogP contribution < -0.4 is 10.2 Å². The summed E-state index contributed by atoms with van der Waals surface area (Å²) in [6.45, 7) is 11.8. The predicted octanol–water partition coefficient (Wildman–Crippen LogP) is 5.08. The first-order chi connectivity index (χ1) is 21.4. The van der Waals surface area contributed by atoms with Crippen molar-refractivity contribution >= 4 is 55.9 Å². The van der Waals surface area contributed by atoms with E-state index in [2.05, 4.69) is 27.4 Å². The van der Waals surface area contributed by atoms with Crippen LogP contribution >= 0.6 is 12.6 Å². The summed E-state index contributed by atoms with van der Waals surface area (Å²) in [5.41, 5.74) is 3.92. The third kappa shape index (κ3) is 7.28. The summed E-state index contributed by atoms with van der Waals surface area (Å²) in [6.07, 6.45) is 8.74. The number of hydrogen-bond acceptors (Lipinski definition) is 8. The van der Waals surface area contributed by atoms with Gasteiger partial charge >= 0.3 is 0 Å². The molecule has 0 unspecified atom stereocenters. The Balaban J connectivity index is 1.68. The largest absolute Gasteiger partial charge is 0.744 e. The van der Waals surface area contributed by atoms with Gasteiger partial charge in [-0.1, -0.05) is 19.9 Å². The number of benzene rings is 2. The molecule has 0 spiro atoms. The second-order valence-corrected chi connectivity index (χ2v) is 15.9. The van der Waals surface area contributed by atoms with Crippen molar-refractivity contribution in [1.82, 2.24) is 5.32 Å². The van der Waals surface area contributed by atoms with Crippen LogP contribution in [0.3, 0.4) is 0 Å². The molecule has 46 heavy (non-hydrogen) atoms. The van der Waals surface area contributed by atoms with E-state index in [-0.39, 0.29) is 15.7 Å². The number of carbonyl (C=O) groups is 1. The highest BCUT2D eigenvalue weighted by atomic mass is 32.2. The zero-order valence-corrected chi connectivity index (χ0v) is 29.4. The highest BCUT2D eigenvalue weighted by Gasteiger charge is 2.45. The molecular weight excluding hydrogens is 647 g/mol. The molecule has 4 rings (SSSR count). The lowest BCUT2D eigenvalue weighted by atomic mass is 9.81. The minimum atomic E-state index is -4.61. The summed E-state index contributed by atoms with van der Waals surface area (Å²) in [6, 6.07) is 9.15. The Labute approximate surface area is 278 Å². The van der Waals surface area contributed by atoms with Crippen LogP contribution in [0.4, 0.5) is 11.4 Å². The van der Waals surface area contributed by atoms with E-state index in [4.69, 9.17) is 0 Å². The highest BCUT2D eigenvalue weighted by molar-refractivity contribution is 7.86. The summed E-state index contributed by atoms with van der Waals surface area (Å²) < 4.78 is 71.2. The molecule has 2 aromatic rings. The monoisotopic (exact) mass is 689 g/mol. The van der Waals surface area contributed by atoms with Crippen LogP contribution in [0.1, 0.15) is 71.4 Å². The van der Waals surface area contributed by atoms with Gasteiger partial charge in [-0.15, -0.1) is 0 Å². The van der Waals surface area contributed by atoms with E-state index < -0.39 is 31.1 Å². The number of allylic oxidation sites excluding steroid dienone is 4. The number of fused-ring (bicyclic) bond motifs is 2. The molecule has 2 N–H and O–H groups in total. The van der Waals surface area contributed by atoms with Crippen LogP contribution in [0, 0.1) is 0 Å². The Bertz CT molecular complexity index is 1830. The third-order valence-corrected chi connectivity index (χ3v) is 10.8. The number of hydrogen-bond donors (Lipinski definition) is 3. The van der Waals surface area contributed by atoms with Gasteiger partial charge < -0.3 is 14.8 Å². The van der Waals surface area contributed by atoms with E-state index in [0.717, 1.165) is 53.2 Å². The quantitative estimate of drug-likeness (QED) is 0.114. The van der Waals surface area contributed by atoms with Gasteiger partial charge in [-0.3, -0.25) is 9.35 Å². The SMILES string of the molecule is CCN1C(=CC=CC2=[N+](CCCCCC(=O)NCCS)c3ccc(S(=O)(=O)O)cc3C2(C)C)C(C)(C)c2cc(S(=O)(=O)[O-])ccc21. The Hall–Kier alpha value is -2.97. The predicted molar refractivity (Wildman–Crippen MR) is 182 cm³/mol. The van der Waals surface area contributed by atoms with Crippen molar-refractivity contribution in [3.63, 3.8) is 0 Å². The van der Waals surface area contributed by atoms with E-state index in [9.17, 15) is 30.7 Å². The van der Waals surface area contributed by atoms with Crippen molar-refractivity contribution in [2.24, 2.45) is 0 Å². The molecule has 2 aromatic carbocycles. The Morgan fingerprint density at radius 1 is 1.00 bits per heavy atom. The number of amides is 1. The molecule has 2 heterocycles. The minimum absolute atomic E-state index is 0.00616. The van der Waals surface area contributed by atoms with E-state index in [1.165, 1.54) is 24.3 Å². The Kier molecular flexibility index (Phi) is 10.6. The fraction of sp³-hybridized carbons (Fsp3) is 0.455. The van der Waals surface area contributed by atoms with Gasteiger partial charge in [0.1, 0.15) is 16.7 Å². The van der Waals surface area contributed by atoms with Gasteiger partial charge in [0.25, 0.3) is 10.1 Å². The first-order valence-electron chi connectivity index (χ1n) is 15.4. The first kappa shape index (κ1) is 35.9. The molecule has 0 saturated carbocycles. The molecule has 13 heteroatoms. The molecule has 0 bridgehead atoms. The lowest BCUT2D eigenvalue weighted by molar-refractivity contribution is -0.438. The van der Waals surface area contributed by atoms with Crippen molar-refractivity contribution in [1.29, 1.82) is 0 Å². The van der Waals surface area contributed by atoms with E-state index in [1.54, 1.807) is 12.1 Å². The van der Waals surface area contributed by atoms with Crippen LogP contribution in [0.5, 0.6) is 0 Å². The average molecular weight is 690 g/mol. The summed E-state index contributed by atoms with van der Waals surface area (Å²) in [7, 11) is -9.01. The van der Waals surface area contributed by atoms with E-state index in [1.807, 2.05) is 52.8 Å². The minimum Gasteiger partial charge on any atom is -0.744 e. The number of nitrogens with zero attached hydrogens (tertiary/aromatic N) is 2. The van der Waals surface area contributed by atoms with Gasteiger partial charge in [0.15, 0.2) is 5.71 Å². The van der Waals surface area contributed by atoms with Crippen molar-refractivity contribution in [3.05, 3.63) is 71.5 Å². The van der Waals surface area contributed by atoms with E-state index >= 15 is 0 Å². The molecule has 0 atom stereocenters. The van der Waals surface area contributed by atoms with Crippen LogP contribution in [-0.4, -0.2) is 67.5 Å². The van der Waals surface area contributed by atoms with Gasteiger partial charge in [0.05, 0.1) is 15.2 Å². The number of thiol groups is 1. The van der Waals surface area contributed by atoms with Crippen LogP contribution in [0.25, 0.3) is 0 Å². The van der Waals surface area contributed by atoms with Gasteiger partial charge in [-0.05, 0) is 75.6 Å². The standard InChI is InChI=1S/C33H43N3O7S3/c1-6-35-27-16-14-23(45(38,39)40)21-25(27)32(2,3)29(35)11-10-12-30-33(4,5)26-22-24(46(41,42)43)15-17-28(26)36(30)19-9-7-8-13-31(37)34-18-20-44/h10-12,14-17,21-22H,6-9,13,18-20H2,1-5H3,(H3-,34,37,38,39,40,41,42,43,44). The number of carbonyl (C=O) groups excluding carboxylic acids is 1. The molecule has 0 saturated heterocycles. The lowest BCUT2D eigenvalue weighted by Crippen LogP contribution is -2.28. The fourth-order valence-corrected chi connectivity index (χ4v) is 7.57. The summed E-state index contributed by atoms with van der Waals surface area (Å²) in [5, 5.41) is 2.83. The Morgan fingerprint density at radius 3 is 2.30 bits per heavy atom. The molecule has 10 nitrogen and oxygen atoms in total. The maximum Gasteiger partial charge on any atom is 0.294 e. The van der Waals surface area contributed by atoms with Gasteiger partial charge in [-0.2, -0.15) is 25.6 Å². The van der Waals surface area contributed by atoms with Crippen LogP contribution in [-0.2, 0) is 35.9 Å². The number of nitrogens with one attached hydrogen (secondary N) is 1. The van der Waals surface area contributed by atoms with Crippen LogP contribution in [0.2, 0.25) is 0 Å². The third-order valence-electron chi connectivity index (χ3n) is 8.86. The number of unbranched alkanes of at least 4 members (excludes halogenated alkanes) is 2. The van der Waals surface area contributed by atoms with Gasteiger partial charge in [0.2, 0.25) is 11.6 Å². The molecule has 0 aliphatic carbocycles.